The van der Waals surface area contributed by atoms with Gasteiger partial charge in [-0.05, 0) is 18.7 Å². The van der Waals surface area contributed by atoms with E-state index in [1.54, 1.807) is 6.20 Å². The molecule has 0 aliphatic carbocycles. The number of nitrogens with zero attached hydrogens (tertiary/aromatic N) is 2. The summed E-state index contributed by atoms with van der Waals surface area (Å²) in [7, 11) is 0. The maximum Gasteiger partial charge on any atom is 0.253 e. The number of carbonyl (C=O) groups is 1. The molecule has 5 nitrogen and oxygen atoms in total. The van der Waals surface area contributed by atoms with Crippen molar-refractivity contribution in [2.75, 3.05) is 31.2 Å². The number of ether oxygens (including phenoxy) is 1. The van der Waals surface area contributed by atoms with Crippen LogP contribution < -0.4 is 10.2 Å². The maximum atomic E-state index is 12.5. The van der Waals surface area contributed by atoms with Crippen molar-refractivity contribution in [1.82, 2.24) is 10.3 Å². The van der Waals surface area contributed by atoms with Gasteiger partial charge in [0.15, 0.2) is 0 Å². The fourth-order valence-electron chi connectivity index (χ4n) is 2.79. The Labute approximate surface area is 136 Å². The van der Waals surface area contributed by atoms with Gasteiger partial charge in [0.05, 0.1) is 18.8 Å². The molecule has 1 aliphatic heterocycles. The number of pyridine rings is 1. The summed E-state index contributed by atoms with van der Waals surface area (Å²) < 4.78 is 5.42. The van der Waals surface area contributed by atoms with Crippen LogP contribution in [0.1, 0.15) is 30.6 Å². The van der Waals surface area contributed by atoms with Crippen molar-refractivity contribution >= 4 is 22.5 Å². The molecule has 1 N–H and O–H groups in total. The Hall–Kier alpha value is -2.14. The largest absolute Gasteiger partial charge is 0.378 e. The van der Waals surface area contributed by atoms with Crippen LogP contribution in [0.15, 0.2) is 30.5 Å². The minimum atomic E-state index is -0.0587. The van der Waals surface area contributed by atoms with Gasteiger partial charge in [-0.1, -0.05) is 31.2 Å². The van der Waals surface area contributed by atoms with Crippen molar-refractivity contribution in [1.29, 1.82) is 0 Å². The van der Waals surface area contributed by atoms with Crippen molar-refractivity contribution in [3.8, 4) is 0 Å². The van der Waals surface area contributed by atoms with Crippen LogP contribution in [0.5, 0.6) is 0 Å². The second-order valence-corrected chi connectivity index (χ2v) is 5.92. The minimum absolute atomic E-state index is 0.0587. The molecular weight excluding hydrogens is 290 g/mol. The smallest absolute Gasteiger partial charge is 0.253 e. The zero-order valence-electron chi connectivity index (χ0n) is 13.7. The van der Waals surface area contributed by atoms with Gasteiger partial charge in [-0.25, -0.2) is 4.98 Å². The molecule has 0 bridgehead atoms. The highest BCUT2D eigenvalue weighted by Crippen LogP contribution is 2.27. The highest BCUT2D eigenvalue weighted by Gasteiger charge is 2.19. The van der Waals surface area contributed by atoms with E-state index in [0.717, 1.165) is 36.1 Å². The quantitative estimate of drug-likeness (QED) is 0.942. The molecule has 0 spiro atoms. The Bertz CT molecular complexity index is 696. The monoisotopic (exact) mass is 313 g/mol. The number of rotatable bonds is 4. The Morgan fingerprint density at radius 2 is 2.00 bits per heavy atom. The lowest BCUT2D eigenvalue weighted by atomic mass is 10.1. The molecule has 122 valence electrons. The predicted octanol–water partition coefficient (Wildman–Crippen LogP) is 2.60. The van der Waals surface area contributed by atoms with Gasteiger partial charge < -0.3 is 15.0 Å². The summed E-state index contributed by atoms with van der Waals surface area (Å²) in [5.74, 6) is 0.876. The predicted molar refractivity (Wildman–Crippen MR) is 92.0 cm³/mol. The van der Waals surface area contributed by atoms with Crippen molar-refractivity contribution < 1.29 is 9.53 Å². The molecule has 0 unspecified atom stereocenters. The summed E-state index contributed by atoms with van der Waals surface area (Å²) in [5.41, 5.74) is 0.637. The van der Waals surface area contributed by atoms with Gasteiger partial charge in [-0.15, -0.1) is 0 Å². The number of nitrogens with one attached hydrogen (secondary N) is 1. The molecule has 1 aromatic carbocycles. The summed E-state index contributed by atoms with van der Waals surface area (Å²) in [6, 6.07) is 8.13. The van der Waals surface area contributed by atoms with E-state index >= 15 is 0 Å². The first-order valence-electron chi connectivity index (χ1n) is 8.22. The van der Waals surface area contributed by atoms with Crippen LogP contribution in [-0.2, 0) is 4.74 Å². The van der Waals surface area contributed by atoms with Crippen molar-refractivity contribution in [3.05, 3.63) is 36.0 Å². The third kappa shape index (κ3) is 3.29. The number of amides is 1. The number of hydrogen-bond acceptors (Lipinski definition) is 4. The Morgan fingerprint density at radius 1 is 1.30 bits per heavy atom. The maximum absolute atomic E-state index is 12.5. The lowest BCUT2D eigenvalue weighted by Gasteiger charge is -2.29. The zero-order valence-corrected chi connectivity index (χ0v) is 13.7. The fourth-order valence-corrected chi connectivity index (χ4v) is 2.79. The molecular formula is C18H23N3O2. The highest BCUT2D eigenvalue weighted by atomic mass is 16.5. The van der Waals surface area contributed by atoms with Gasteiger partial charge in [0.1, 0.15) is 5.82 Å². The van der Waals surface area contributed by atoms with Gasteiger partial charge in [-0.3, -0.25) is 4.79 Å². The van der Waals surface area contributed by atoms with E-state index in [4.69, 9.17) is 4.74 Å². The number of anilines is 1. The number of carbonyl (C=O) groups excluding carboxylic acids is 1. The Kier molecular flexibility index (Phi) is 4.76. The molecule has 1 fully saturated rings. The molecule has 3 rings (SSSR count). The molecule has 0 radical (unpaired) electrons. The molecule has 1 amide bonds. The Balaban J connectivity index is 2.00. The molecule has 23 heavy (non-hydrogen) atoms. The van der Waals surface area contributed by atoms with Crippen LogP contribution in [0.25, 0.3) is 10.8 Å². The van der Waals surface area contributed by atoms with E-state index in [2.05, 4.69) is 22.1 Å². The van der Waals surface area contributed by atoms with E-state index in [9.17, 15) is 4.79 Å². The first-order valence-corrected chi connectivity index (χ1v) is 8.22. The van der Waals surface area contributed by atoms with E-state index in [-0.39, 0.29) is 11.9 Å². The van der Waals surface area contributed by atoms with Gasteiger partial charge in [0, 0.05) is 30.7 Å². The van der Waals surface area contributed by atoms with Gasteiger partial charge in [-0.2, -0.15) is 0 Å². The normalized spacial score (nSPS) is 16.3. The molecule has 0 saturated carbocycles. The summed E-state index contributed by atoms with van der Waals surface area (Å²) >= 11 is 0. The van der Waals surface area contributed by atoms with Crippen molar-refractivity contribution in [2.45, 2.75) is 26.3 Å². The molecule has 1 aliphatic rings. The van der Waals surface area contributed by atoms with Crippen LogP contribution in [-0.4, -0.2) is 43.2 Å². The van der Waals surface area contributed by atoms with Gasteiger partial charge in [0.2, 0.25) is 0 Å². The average Bonchev–Trinajstić information content (AvgIpc) is 2.61. The summed E-state index contributed by atoms with van der Waals surface area (Å²) in [4.78, 5) is 19.3. The standard InChI is InChI=1S/C18H23N3O2/c1-3-13(2)20-18(22)16-12-19-17(21-8-10-23-11-9-21)15-7-5-4-6-14(15)16/h4-7,12-13H,3,8-11H2,1-2H3,(H,20,22)/t13-/m1/s1. The summed E-state index contributed by atoms with van der Waals surface area (Å²) in [6.07, 6.45) is 2.60. The molecule has 2 heterocycles. The number of hydrogen-bond donors (Lipinski definition) is 1. The molecule has 1 aromatic heterocycles. The van der Waals surface area contributed by atoms with Crippen molar-refractivity contribution in [2.24, 2.45) is 0 Å². The molecule has 1 atom stereocenters. The number of benzene rings is 1. The SMILES string of the molecule is CC[C@@H](C)NC(=O)c1cnc(N2CCOCC2)c2ccccc12. The van der Waals surface area contributed by atoms with Crippen molar-refractivity contribution in [3.63, 3.8) is 0 Å². The minimum Gasteiger partial charge on any atom is -0.378 e. The highest BCUT2D eigenvalue weighted by molar-refractivity contribution is 6.09. The van der Waals surface area contributed by atoms with Crippen LogP contribution in [0.4, 0.5) is 5.82 Å². The lowest BCUT2D eigenvalue weighted by Crippen LogP contribution is -2.37. The first-order chi connectivity index (χ1) is 11.2. The molecule has 2 aromatic rings. The topological polar surface area (TPSA) is 54.5 Å². The molecule has 5 heteroatoms. The first kappa shape index (κ1) is 15.7. The van der Waals surface area contributed by atoms with E-state index in [1.807, 2.05) is 31.2 Å². The number of morpholine rings is 1. The van der Waals surface area contributed by atoms with Crippen LogP contribution >= 0.6 is 0 Å². The van der Waals surface area contributed by atoms with Crippen LogP contribution in [0.3, 0.4) is 0 Å². The average molecular weight is 313 g/mol. The van der Waals surface area contributed by atoms with E-state index in [0.29, 0.717) is 18.8 Å². The summed E-state index contributed by atoms with van der Waals surface area (Å²) in [6.45, 7) is 7.15. The van der Waals surface area contributed by atoms with Crippen LogP contribution in [0.2, 0.25) is 0 Å². The third-order valence-electron chi connectivity index (χ3n) is 4.32. The van der Waals surface area contributed by atoms with Crippen LogP contribution in [0, 0.1) is 0 Å². The van der Waals surface area contributed by atoms with E-state index in [1.165, 1.54) is 0 Å². The Morgan fingerprint density at radius 3 is 2.70 bits per heavy atom. The zero-order chi connectivity index (χ0) is 16.2. The molecule has 1 saturated heterocycles. The van der Waals surface area contributed by atoms with E-state index < -0.39 is 0 Å². The van der Waals surface area contributed by atoms with Gasteiger partial charge in [0.25, 0.3) is 5.91 Å². The summed E-state index contributed by atoms with van der Waals surface area (Å²) in [5, 5.41) is 4.99. The second-order valence-electron chi connectivity index (χ2n) is 5.92. The third-order valence-corrected chi connectivity index (χ3v) is 4.32. The second kappa shape index (κ2) is 6.96. The fraction of sp³-hybridized carbons (Fsp3) is 0.444. The number of aromatic nitrogens is 1. The number of fused-ring (bicyclic) bond motifs is 1. The lowest BCUT2D eigenvalue weighted by molar-refractivity contribution is 0.0940. The van der Waals surface area contributed by atoms with Gasteiger partial charge >= 0.3 is 0 Å².